The van der Waals surface area contributed by atoms with Crippen molar-refractivity contribution in [3.8, 4) is 0 Å². The van der Waals surface area contributed by atoms with Crippen molar-refractivity contribution in [3.63, 3.8) is 0 Å². The Labute approximate surface area is 109 Å². The quantitative estimate of drug-likeness (QED) is 0.833. The van der Waals surface area contributed by atoms with Crippen LogP contribution in [-0.2, 0) is 17.7 Å². The van der Waals surface area contributed by atoms with Crippen molar-refractivity contribution < 1.29 is 8.94 Å². The lowest BCUT2D eigenvalue weighted by molar-refractivity contribution is 0.371. The standard InChI is InChI=1S/C10H15N5O2S/c1-10(2,3)8-12-7(17-15-8)5-18-9-14-13-6(4-11)16-9/h4-5,11H2,1-3H3. The maximum Gasteiger partial charge on any atom is 0.277 e. The monoisotopic (exact) mass is 269 g/mol. The van der Waals surface area contributed by atoms with Crippen LogP contribution in [-0.4, -0.2) is 20.3 Å². The largest absolute Gasteiger partial charge is 0.415 e. The second kappa shape index (κ2) is 5.07. The van der Waals surface area contributed by atoms with E-state index in [1.54, 1.807) is 0 Å². The number of thioether (sulfide) groups is 1. The van der Waals surface area contributed by atoms with Crippen molar-refractivity contribution >= 4 is 11.8 Å². The third-order valence-electron chi connectivity index (χ3n) is 2.08. The normalized spacial score (nSPS) is 12.0. The Balaban J connectivity index is 1.96. The van der Waals surface area contributed by atoms with E-state index in [9.17, 15) is 0 Å². The number of rotatable bonds is 4. The molecular formula is C10H15N5O2S. The van der Waals surface area contributed by atoms with Gasteiger partial charge in [0.15, 0.2) is 5.82 Å². The lowest BCUT2D eigenvalue weighted by atomic mass is 9.96. The Morgan fingerprint density at radius 2 is 2.00 bits per heavy atom. The first kappa shape index (κ1) is 13.0. The van der Waals surface area contributed by atoms with Crippen molar-refractivity contribution in [2.24, 2.45) is 5.73 Å². The highest BCUT2D eigenvalue weighted by Gasteiger charge is 2.21. The average Bonchev–Trinajstić information content (AvgIpc) is 2.94. The first-order valence-corrected chi connectivity index (χ1v) is 6.46. The van der Waals surface area contributed by atoms with Gasteiger partial charge < -0.3 is 14.7 Å². The number of aromatic nitrogens is 4. The van der Waals surface area contributed by atoms with Crippen molar-refractivity contribution in [1.82, 2.24) is 20.3 Å². The Kier molecular flexibility index (Phi) is 3.67. The molecule has 0 fully saturated rings. The number of nitrogens with zero attached hydrogens (tertiary/aromatic N) is 4. The Hall–Kier alpha value is -1.41. The second-order valence-electron chi connectivity index (χ2n) is 4.72. The van der Waals surface area contributed by atoms with Gasteiger partial charge in [-0.1, -0.05) is 37.7 Å². The van der Waals surface area contributed by atoms with Crippen LogP contribution < -0.4 is 5.73 Å². The third-order valence-corrected chi connectivity index (χ3v) is 2.88. The van der Waals surface area contributed by atoms with Crippen LogP contribution in [0.1, 0.15) is 38.4 Å². The average molecular weight is 269 g/mol. The van der Waals surface area contributed by atoms with Crippen LogP contribution in [0.2, 0.25) is 0 Å². The molecular weight excluding hydrogens is 254 g/mol. The maximum absolute atomic E-state index is 5.38. The summed E-state index contributed by atoms with van der Waals surface area (Å²) in [6.45, 7) is 6.32. The highest BCUT2D eigenvalue weighted by molar-refractivity contribution is 7.98. The van der Waals surface area contributed by atoms with Crippen LogP contribution >= 0.6 is 11.8 Å². The van der Waals surface area contributed by atoms with Gasteiger partial charge in [-0.2, -0.15) is 4.98 Å². The molecule has 2 heterocycles. The molecule has 8 heteroatoms. The first-order valence-electron chi connectivity index (χ1n) is 5.47. The molecule has 0 spiro atoms. The Morgan fingerprint density at radius 1 is 1.22 bits per heavy atom. The lowest BCUT2D eigenvalue weighted by Crippen LogP contribution is -2.13. The summed E-state index contributed by atoms with van der Waals surface area (Å²) < 4.78 is 10.4. The SMILES string of the molecule is CC(C)(C)c1noc(CSc2nnc(CN)o2)n1. The van der Waals surface area contributed by atoms with E-state index in [-0.39, 0.29) is 12.0 Å². The topological polar surface area (TPSA) is 104 Å². The highest BCUT2D eigenvalue weighted by atomic mass is 32.2. The van der Waals surface area contributed by atoms with Crippen LogP contribution in [0.5, 0.6) is 0 Å². The molecule has 7 nitrogen and oxygen atoms in total. The summed E-state index contributed by atoms with van der Waals surface area (Å²) in [6, 6.07) is 0. The smallest absolute Gasteiger partial charge is 0.277 e. The zero-order valence-corrected chi connectivity index (χ0v) is 11.3. The number of nitrogens with two attached hydrogens (primary N) is 1. The molecule has 0 radical (unpaired) electrons. The fraction of sp³-hybridized carbons (Fsp3) is 0.600. The predicted molar refractivity (Wildman–Crippen MR) is 64.7 cm³/mol. The summed E-state index contributed by atoms with van der Waals surface area (Å²) in [5.41, 5.74) is 5.25. The summed E-state index contributed by atoms with van der Waals surface area (Å²) >= 11 is 1.34. The fourth-order valence-corrected chi connectivity index (χ4v) is 1.74. The van der Waals surface area contributed by atoms with Gasteiger partial charge in [-0.25, -0.2) is 0 Å². The predicted octanol–water partition coefficient (Wildman–Crippen LogP) is 1.50. The van der Waals surface area contributed by atoms with Gasteiger partial charge >= 0.3 is 0 Å². The molecule has 0 aliphatic rings. The molecule has 0 atom stereocenters. The molecule has 0 saturated heterocycles. The molecule has 2 aromatic rings. The van der Waals surface area contributed by atoms with Crippen molar-refractivity contribution in [1.29, 1.82) is 0 Å². The molecule has 0 saturated carbocycles. The third kappa shape index (κ3) is 3.08. The van der Waals surface area contributed by atoms with Crippen molar-refractivity contribution in [2.45, 2.75) is 43.7 Å². The molecule has 18 heavy (non-hydrogen) atoms. The van der Waals surface area contributed by atoms with Crippen molar-refractivity contribution in [2.75, 3.05) is 0 Å². The summed E-state index contributed by atoms with van der Waals surface area (Å²) in [5.74, 6) is 2.14. The zero-order valence-electron chi connectivity index (χ0n) is 10.5. The first-order chi connectivity index (χ1) is 8.49. The van der Waals surface area contributed by atoms with E-state index in [1.165, 1.54) is 11.8 Å². The van der Waals surface area contributed by atoms with E-state index in [0.29, 0.717) is 28.6 Å². The Morgan fingerprint density at radius 3 is 2.56 bits per heavy atom. The minimum Gasteiger partial charge on any atom is -0.415 e. The van der Waals surface area contributed by atoms with Crippen LogP contribution in [0.4, 0.5) is 0 Å². The van der Waals surface area contributed by atoms with Crippen LogP contribution in [0.25, 0.3) is 0 Å². The summed E-state index contributed by atoms with van der Waals surface area (Å²) in [7, 11) is 0. The lowest BCUT2D eigenvalue weighted by Gasteiger charge is -2.10. The van der Waals surface area contributed by atoms with Gasteiger partial charge in [-0.05, 0) is 0 Å². The fourth-order valence-electron chi connectivity index (χ4n) is 1.12. The molecule has 2 N–H and O–H groups in total. The van der Waals surface area contributed by atoms with E-state index >= 15 is 0 Å². The van der Waals surface area contributed by atoms with E-state index < -0.39 is 0 Å². The van der Waals surface area contributed by atoms with Gasteiger partial charge in [0.05, 0.1) is 12.3 Å². The molecule has 0 unspecified atom stereocenters. The highest BCUT2D eigenvalue weighted by Crippen LogP contribution is 2.23. The zero-order chi connectivity index (χ0) is 13.2. The number of hydrogen-bond donors (Lipinski definition) is 1. The van der Waals surface area contributed by atoms with Crippen LogP contribution in [0.15, 0.2) is 14.2 Å². The van der Waals surface area contributed by atoms with E-state index in [4.69, 9.17) is 14.7 Å². The van der Waals surface area contributed by atoms with Gasteiger partial charge in [0.25, 0.3) is 5.22 Å². The van der Waals surface area contributed by atoms with E-state index in [0.717, 1.165) is 0 Å². The summed E-state index contributed by atoms with van der Waals surface area (Å²) in [6.07, 6.45) is 0. The molecule has 0 bridgehead atoms. The number of hydrogen-bond acceptors (Lipinski definition) is 8. The Bertz CT molecular complexity index is 516. The summed E-state index contributed by atoms with van der Waals surface area (Å²) in [5, 5.41) is 12.0. The van der Waals surface area contributed by atoms with Crippen LogP contribution in [0, 0.1) is 0 Å². The van der Waals surface area contributed by atoms with Gasteiger partial charge in [0.2, 0.25) is 11.8 Å². The van der Waals surface area contributed by atoms with Gasteiger partial charge in [-0.15, -0.1) is 10.2 Å². The molecule has 0 aliphatic carbocycles. The summed E-state index contributed by atoms with van der Waals surface area (Å²) in [4.78, 5) is 4.31. The van der Waals surface area contributed by atoms with E-state index in [2.05, 4.69) is 20.3 Å². The second-order valence-corrected chi connectivity index (χ2v) is 5.64. The molecule has 98 valence electrons. The minimum absolute atomic E-state index is 0.121. The van der Waals surface area contributed by atoms with Gasteiger partial charge in [0, 0.05) is 5.41 Å². The van der Waals surface area contributed by atoms with Gasteiger partial charge in [0.1, 0.15) is 0 Å². The molecule has 2 aromatic heterocycles. The molecule has 0 aliphatic heterocycles. The molecule has 2 rings (SSSR count). The van der Waals surface area contributed by atoms with Crippen LogP contribution in [0.3, 0.4) is 0 Å². The molecule has 0 amide bonds. The van der Waals surface area contributed by atoms with Gasteiger partial charge in [-0.3, -0.25) is 0 Å². The molecule has 0 aromatic carbocycles. The van der Waals surface area contributed by atoms with Crippen molar-refractivity contribution in [3.05, 3.63) is 17.6 Å². The minimum atomic E-state index is -0.121. The maximum atomic E-state index is 5.38. The van der Waals surface area contributed by atoms with E-state index in [1.807, 2.05) is 20.8 Å².